The van der Waals surface area contributed by atoms with Crippen LogP contribution in [0.15, 0.2) is 42.9 Å². The van der Waals surface area contributed by atoms with Crippen molar-refractivity contribution in [3.05, 3.63) is 48.5 Å². The van der Waals surface area contributed by atoms with Crippen molar-refractivity contribution >= 4 is 0 Å². The minimum Gasteiger partial charge on any atom is -0.265 e. The molecule has 2 rings (SSSR count). The van der Waals surface area contributed by atoms with Gasteiger partial charge in [-0.05, 0) is 23.8 Å². The molecule has 0 aliphatic rings. The number of rotatable bonds is 2. The summed E-state index contributed by atoms with van der Waals surface area (Å²) in [7, 11) is 0. The van der Waals surface area contributed by atoms with Crippen LogP contribution in [-0.2, 0) is 6.42 Å². The van der Waals surface area contributed by atoms with Gasteiger partial charge in [-0.3, -0.25) is 9.97 Å². The molecule has 0 atom stereocenters. The number of nitriles is 1. The third kappa shape index (κ3) is 2.00. The summed E-state index contributed by atoms with van der Waals surface area (Å²) in [6, 6.07) is 9.78. The van der Waals surface area contributed by atoms with E-state index in [1.807, 2.05) is 24.3 Å². The summed E-state index contributed by atoms with van der Waals surface area (Å²) in [6.07, 6.45) is 5.51. The van der Waals surface area contributed by atoms with E-state index < -0.39 is 0 Å². The van der Waals surface area contributed by atoms with Gasteiger partial charge in [-0.25, -0.2) is 0 Å². The highest BCUT2D eigenvalue weighted by Gasteiger charge is 2.04. The number of hydrogen-bond donors (Lipinski definition) is 0. The predicted molar refractivity (Wildman–Crippen MR) is 56.8 cm³/mol. The first kappa shape index (κ1) is 9.35. The first-order chi connectivity index (χ1) is 7.42. The van der Waals surface area contributed by atoms with Crippen molar-refractivity contribution in [1.82, 2.24) is 9.97 Å². The normalized spacial score (nSPS) is 9.53. The molecule has 3 nitrogen and oxygen atoms in total. The van der Waals surface area contributed by atoms with Gasteiger partial charge in [0.05, 0.1) is 18.2 Å². The quantitative estimate of drug-likeness (QED) is 0.738. The molecule has 0 bridgehead atoms. The zero-order valence-corrected chi connectivity index (χ0v) is 8.09. The molecule has 0 amide bonds. The number of pyridine rings is 2. The van der Waals surface area contributed by atoms with E-state index in [0.717, 1.165) is 16.8 Å². The molecule has 2 aromatic heterocycles. The molecular weight excluding hydrogens is 186 g/mol. The molecule has 0 saturated heterocycles. The van der Waals surface area contributed by atoms with Crippen molar-refractivity contribution in [3.8, 4) is 17.2 Å². The molecule has 2 heterocycles. The van der Waals surface area contributed by atoms with Crippen LogP contribution in [-0.4, -0.2) is 9.97 Å². The Bertz CT molecular complexity index is 486. The van der Waals surface area contributed by atoms with Crippen LogP contribution in [0.3, 0.4) is 0 Å². The summed E-state index contributed by atoms with van der Waals surface area (Å²) in [5, 5.41) is 8.69. The number of aromatic nitrogens is 2. The minimum absolute atomic E-state index is 0.332. The van der Waals surface area contributed by atoms with Gasteiger partial charge in [0.15, 0.2) is 0 Å². The molecule has 0 saturated carbocycles. The van der Waals surface area contributed by atoms with E-state index in [1.54, 1.807) is 18.6 Å². The van der Waals surface area contributed by atoms with Gasteiger partial charge in [-0.15, -0.1) is 0 Å². The summed E-state index contributed by atoms with van der Waals surface area (Å²) in [5.41, 5.74) is 2.86. The highest BCUT2D eigenvalue weighted by molar-refractivity contribution is 5.65. The van der Waals surface area contributed by atoms with E-state index >= 15 is 0 Å². The molecule has 0 N–H and O–H groups in total. The highest BCUT2D eigenvalue weighted by atomic mass is 14.7. The van der Waals surface area contributed by atoms with Crippen molar-refractivity contribution in [2.24, 2.45) is 0 Å². The lowest BCUT2D eigenvalue weighted by Crippen LogP contribution is -1.92. The smallest absolute Gasteiger partial charge is 0.0781 e. The maximum absolute atomic E-state index is 8.69. The molecule has 0 aliphatic carbocycles. The second kappa shape index (κ2) is 4.34. The van der Waals surface area contributed by atoms with Crippen molar-refractivity contribution in [2.45, 2.75) is 6.42 Å². The van der Waals surface area contributed by atoms with E-state index in [2.05, 4.69) is 16.0 Å². The van der Waals surface area contributed by atoms with Gasteiger partial charge in [0.1, 0.15) is 0 Å². The lowest BCUT2D eigenvalue weighted by molar-refractivity contribution is 1.12. The van der Waals surface area contributed by atoms with E-state index in [-0.39, 0.29) is 0 Å². The molecule has 0 aromatic carbocycles. The van der Waals surface area contributed by atoms with Crippen molar-refractivity contribution in [1.29, 1.82) is 5.26 Å². The fraction of sp³-hybridized carbons (Fsp3) is 0.0833. The van der Waals surface area contributed by atoms with E-state index in [4.69, 9.17) is 5.26 Å². The largest absolute Gasteiger partial charge is 0.265 e. The van der Waals surface area contributed by atoms with Crippen LogP contribution in [0, 0.1) is 11.3 Å². The van der Waals surface area contributed by atoms with Crippen LogP contribution in [0.25, 0.3) is 11.1 Å². The van der Waals surface area contributed by atoms with Crippen molar-refractivity contribution in [3.63, 3.8) is 0 Å². The molecule has 0 aliphatic heterocycles. The fourth-order valence-corrected chi connectivity index (χ4v) is 1.45. The molecule has 72 valence electrons. The van der Waals surface area contributed by atoms with Crippen molar-refractivity contribution < 1.29 is 0 Å². The Morgan fingerprint density at radius 2 is 1.93 bits per heavy atom. The lowest BCUT2D eigenvalue weighted by atomic mass is 10.0. The maximum atomic E-state index is 8.69. The third-order valence-corrected chi connectivity index (χ3v) is 2.13. The zero-order valence-electron chi connectivity index (χ0n) is 8.09. The van der Waals surface area contributed by atoms with Crippen LogP contribution >= 0.6 is 0 Å². The molecular formula is C12H9N3. The summed E-state index contributed by atoms with van der Waals surface area (Å²) in [4.78, 5) is 8.16. The number of hydrogen-bond acceptors (Lipinski definition) is 3. The van der Waals surface area contributed by atoms with Gasteiger partial charge in [-0.2, -0.15) is 5.26 Å². The highest BCUT2D eigenvalue weighted by Crippen LogP contribution is 2.21. The van der Waals surface area contributed by atoms with E-state index in [1.165, 1.54) is 0 Å². The van der Waals surface area contributed by atoms with Gasteiger partial charge in [-0.1, -0.05) is 6.07 Å². The first-order valence-electron chi connectivity index (χ1n) is 4.63. The monoisotopic (exact) mass is 195 g/mol. The Morgan fingerprint density at radius 3 is 2.67 bits per heavy atom. The van der Waals surface area contributed by atoms with Crippen LogP contribution in [0.2, 0.25) is 0 Å². The summed E-state index contributed by atoms with van der Waals surface area (Å²) >= 11 is 0. The molecule has 2 aromatic rings. The van der Waals surface area contributed by atoms with Crippen LogP contribution < -0.4 is 0 Å². The lowest BCUT2D eigenvalue weighted by Gasteiger charge is -2.04. The SMILES string of the molecule is N#CCc1ncccc1-c1ccncc1. The van der Waals surface area contributed by atoms with Crippen LogP contribution in [0.5, 0.6) is 0 Å². The Kier molecular flexibility index (Phi) is 2.70. The van der Waals surface area contributed by atoms with Gasteiger partial charge in [0.25, 0.3) is 0 Å². The zero-order chi connectivity index (χ0) is 10.5. The molecule has 0 radical (unpaired) electrons. The van der Waals surface area contributed by atoms with E-state index in [0.29, 0.717) is 6.42 Å². The van der Waals surface area contributed by atoms with Gasteiger partial charge in [0, 0.05) is 24.2 Å². The summed E-state index contributed by atoms with van der Waals surface area (Å²) in [6.45, 7) is 0. The molecule has 0 unspecified atom stereocenters. The topological polar surface area (TPSA) is 49.6 Å². The third-order valence-electron chi connectivity index (χ3n) is 2.13. The van der Waals surface area contributed by atoms with Crippen LogP contribution in [0.4, 0.5) is 0 Å². The Labute approximate surface area is 88.1 Å². The second-order valence-corrected chi connectivity index (χ2v) is 3.07. The van der Waals surface area contributed by atoms with Gasteiger partial charge >= 0.3 is 0 Å². The molecule has 0 spiro atoms. The maximum Gasteiger partial charge on any atom is 0.0781 e. The second-order valence-electron chi connectivity index (χ2n) is 3.07. The molecule has 15 heavy (non-hydrogen) atoms. The van der Waals surface area contributed by atoms with Crippen LogP contribution in [0.1, 0.15) is 5.69 Å². The minimum atomic E-state index is 0.332. The average molecular weight is 195 g/mol. The molecule has 3 heteroatoms. The van der Waals surface area contributed by atoms with Gasteiger partial charge in [0.2, 0.25) is 0 Å². The predicted octanol–water partition coefficient (Wildman–Crippen LogP) is 2.21. The first-order valence-corrected chi connectivity index (χ1v) is 4.63. The fourth-order valence-electron chi connectivity index (χ4n) is 1.45. The Morgan fingerprint density at radius 1 is 1.13 bits per heavy atom. The standard InChI is InChI=1S/C12H9N3/c13-6-3-12-11(2-1-7-15-12)10-4-8-14-9-5-10/h1-2,4-5,7-9H,3H2. The molecule has 0 fully saturated rings. The summed E-state index contributed by atoms with van der Waals surface area (Å²) in [5.74, 6) is 0. The summed E-state index contributed by atoms with van der Waals surface area (Å²) < 4.78 is 0. The van der Waals surface area contributed by atoms with E-state index in [9.17, 15) is 0 Å². The number of nitrogens with zero attached hydrogens (tertiary/aromatic N) is 3. The Hall–Kier alpha value is -2.21. The Balaban J connectivity index is 2.49. The van der Waals surface area contributed by atoms with Gasteiger partial charge < -0.3 is 0 Å². The van der Waals surface area contributed by atoms with Crippen molar-refractivity contribution in [2.75, 3.05) is 0 Å². The average Bonchev–Trinajstić information content (AvgIpc) is 2.31.